The van der Waals surface area contributed by atoms with Gasteiger partial charge in [0.1, 0.15) is 5.75 Å². The first-order chi connectivity index (χ1) is 15.3. The molecular weight excluding hydrogens is 424 g/mol. The first kappa shape index (κ1) is 24.1. The molecule has 0 radical (unpaired) electrons. The molecule has 1 aliphatic rings. The van der Waals surface area contributed by atoms with Crippen molar-refractivity contribution in [1.29, 1.82) is 0 Å². The fourth-order valence-electron chi connectivity index (χ4n) is 3.87. The lowest BCUT2D eigenvalue weighted by Crippen LogP contribution is -2.51. The summed E-state index contributed by atoms with van der Waals surface area (Å²) < 4.78 is 34.3. The van der Waals surface area contributed by atoms with Crippen molar-refractivity contribution < 1.29 is 17.9 Å². The Hall–Kier alpha value is -2.54. The zero-order valence-electron chi connectivity index (χ0n) is 19.4. The largest absolute Gasteiger partial charge is 0.476 e. The van der Waals surface area contributed by atoms with Gasteiger partial charge in [-0.25, -0.2) is 8.42 Å². The summed E-state index contributed by atoms with van der Waals surface area (Å²) in [5, 5.41) is 2.99. The van der Waals surface area contributed by atoms with E-state index in [1.807, 2.05) is 19.9 Å². The molecule has 0 aliphatic carbocycles. The molecule has 7 heteroatoms. The summed E-state index contributed by atoms with van der Waals surface area (Å²) in [4.78, 5) is 13.2. The molecule has 1 amide bonds. The number of nitrogens with zero attached hydrogens (tertiary/aromatic N) is 1. The highest BCUT2D eigenvalue weighted by molar-refractivity contribution is 7.92. The van der Waals surface area contributed by atoms with Crippen molar-refractivity contribution in [2.24, 2.45) is 5.92 Å². The third kappa shape index (κ3) is 5.44. The molecule has 0 saturated carbocycles. The number of carbonyl (C=O) groups excluding carboxylic acids is 1. The molecule has 2 unspecified atom stereocenters. The van der Waals surface area contributed by atoms with Crippen LogP contribution in [0.5, 0.6) is 5.75 Å². The van der Waals surface area contributed by atoms with E-state index in [4.69, 9.17) is 4.74 Å². The smallest absolute Gasteiger partial charge is 0.264 e. The summed E-state index contributed by atoms with van der Waals surface area (Å²) >= 11 is 0. The number of fused-ring (bicyclic) bond motifs is 1. The van der Waals surface area contributed by atoms with E-state index in [1.165, 1.54) is 4.31 Å². The topological polar surface area (TPSA) is 75.7 Å². The van der Waals surface area contributed by atoms with E-state index < -0.39 is 16.1 Å². The Morgan fingerprint density at radius 2 is 1.81 bits per heavy atom. The van der Waals surface area contributed by atoms with Crippen LogP contribution in [0.1, 0.15) is 50.7 Å². The first-order valence-corrected chi connectivity index (χ1v) is 12.8. The van der Waals surface area contributed by atoms with Gasteiger partial charge in [-0.1, -0.05) is 56.9 Å². The molecule has 1 N–H and O–H groups in total. The molecule has 0 bridgehead atoms. The van der Waals surface area contributed by atoms with E-state index in [-0.39, 0.29) is 17.3 Å². The van der Waals surface area contributed by atoms with Gasteiger partial charge in [0.25, 0.3) is 15.9 Å². The van der Waals surface area contributed by atoms with Crippen molar-refractivity contribution in [2.75, 3.05) is 17.4 Å². The maximum Gasteiger partial charge on any atom is 0.264 e. The van der Waals surface area contributed by atoms with Crippen molar-refractivity contribution in [3.05, 3.63) is 53.6 Å². The molecule has 2 aromatic carbocycles. The van der Waals surface area contributed by atoms with E-state index >= 15 is 0 Å². The van der Waals surface area contributed by atoms with Crippen LogP contribution >= 0.6 is 0 Å². The summed E-state index contributed by atoms with van der Waals surface area (Å²) in [6.07, 6.45) is 3.40. The minimum Gasteiger partial charge on any atom is -0.476 e. The SMILES string of the molecule is CCCCC(CC)CNC(=O)C1CN(S(=O)(=O)c2ccc(C)cc2)c2cc(C)ccc2O1. The minimum atomic E-state index is -3.85. The van der Waals surface area contributed by atoms with Crippen LogP contribution in [0.2, 0.25) is 0 Å². The Bertz CT molecular complexity index is 1030. The van der Waals surface area contributed by atoms with Gasteiger partial charge in [0.2, 0.25) is 0 Å². The molecule has 0 fully saturated rings. The molecule has 0 spiro atoms. The number of nitrogens with one attached hydrogen (secondary N) is 1. The Kier molecular flexibility index (Phi) is 7.82. The van der Waals surface area contributed by atoms with Crippen LogP contribution in [-0.2, 0) is 14.8 Å². The normalized spacial score (nSPS) is 16.8. The van der Waals surface area contributed by atoms with E-state index in [0.29, 0.717) is 23.9 Å². The third-order valence-electron chi connectivity index (χ3n) is 5.99. The molecule has 6 nitrogen and oxygen atoms in total. The Morgan fingerprint density at radius 3 is 2.47 bits per heavy atom. The van der Waals surface area contributed by atoms with Crippen molar-refractivity contribution in [1.82, 2.24) is 5.32 Å². The van der Waals surface area contributed by atoms with E-state index in [2.05, 4.69) is 19.2 Å². The highest BCUT2D eigenvalue weighted by atomic mass is 32.2. The summed E-state index contributed by atoms with van der Waals surface area (Å²) in [7, 11) is -3.85. The van der Waals surface area contributed by atoms with E-state index in [1.54, 1.807) is 36.4 Å². The average molecular weight is 459 g/mol. The van der Waals surface area contributed by atoms with Gasteiger partial charge in [0.05, 0.1) is 17.1 Å². The van der Waals surface area contributed by atoms with Gasteiger partial charge in [-0.15, -0.1) is 0 Å². The van der Waals surface area contributed by atoms with Gasteiger partial charge in [0, 0.05) is 6.54 Å². The predicted octanol–water partition coefficient (Wildman–Crippen LogP) is 4.59. The minimum absolute atomic E-state index is 0.0652. The second kappa shape index (κ2) is 10.4. The molecule has 2 aromatic rings. The number of amides is 1. The van der Waals surface area contributed by atoms with Crippen LogP contribution < -0.4 is 14.4 Å². The molecule has 0 aromatic heterocycles. The number of rotatable bonds is 9. The molecule has 1 aliphatic heterocycles. The van der Waals surface area contributed by atoms with Gasteiger partial charge in [-0.05, 0) is 56.0 Å². The summed E-state index contributed by atoms with van der Waals surface area (Å²) in [6, 6.07) is 12.1. The van der Waals surface area contributed by atoms with Crippen molar-refractivity contribution >= 4 is 21.6 Å². The summed E-state index contributed by atoms with van der Waals surface area (Å²) in [5.74, 6) is 0.524. The van der Waals surface area contributed by atoms with Crippen LogP contribution in [0.25, 0.3) is 0 Å². The Balaban J connectivity index is 1.85. The van der Waals surface area contributed by atoms with E-state index in [9.17, 15) is 13.2 Å². The fraction of sp³-hybridized carbons (Fsp3) is 0.480. The quantitative estimate of drug-likeness (QED) is 0.596. The second-order valence-electron chi connectivity index (χ2n) is 8.59. The zero-order chi connectivity index (χ0) is 23.3. The van der Waals surface area contributed by atoms with Gasteiger partial charge in [-0.3, -0.25) is 9.10 Å². The zero-order valence-corrected chi connectivity index (χ0v) is 20.2. The molecule has 32 heavy (non-hydrogen) atoms. The predicted molar refractivity (Wildman–Crippen MR) is 128 cm³/mol. The second-order valence-corrected chi connectivity index (χ2v) is 10.5. The number of carbonyl (C=O) groups is 1. The van der Waals surface area contributed by atoms with Crippen molar-refractivity contribution in [3.8, 4) is 5.75 Å². The number of unbranched alkanes of at least 4 members (excludes halogenated alkanes) is 1. The van der Waals surface area contributed by atoms with Gasteiger partial charge in [0.15, 0.2) is 6.10 Å². The number of hydrogen-bond donors (Lipinski definition) is 1. The Morgan fingerprint density at radius 1 is 1.12 bits per heavy atom. The van der Waals surface area contributed by atoms with Crippen LogP contribution in [0.15, 0.2) is 47.4 Å². The fourth-order valence-corrected chi connectivity index (χ4v) is 5.33. The maximum absolute atomic E-state index is 13.5. The number of hydrogen-bond acceptors (Lipinski definition) is 4. The monoisotopic (exact) mass is 458 g/mol. The Labute approximate surface area is 192 Å². The summed E-state index contributed by atoms with van der Waals surface area (Å²) in [6.45, 7) is 8.59. The lowest BCUT2D eigenvalue weighted by Gasteiger charge is -2.35. The summed E-state index contributed by atoms with van der Waals surface area (Å²) in [5.41, 5.74) is 2.36. The number of benzene rings is 2. The molecule has 0 saturated heterocycles. The highest BCUT2D eigenvalue weighted by Gasteiger charge is 2.37. The number of aryl methyl sites for hydroxylation is 2. The highest BCUT2D eigenvalue weighted by Crippen LogP contribution is 2.37. The van der Waals surface area contributed by atoms with Crippen LogP contribution in [-0.4, -0.2) is 33.5 Å². The molecule has 1 heterocycles. The van der Waals surface area contributed by atoms with Crippen molar-refractivity contribution in [3.63, 3.8) is 0 Å². The average Bonchev–Trinajstić information content (AvgIpc) is 2.78. The maximum atomic E-state index is 13.5. The van der Waals surface area contributed by atoms with Crippen LogP contribution in [0, 0.1) is 19.8 Å². The van der Waals surface area contributed by atoms with Gasteiger partial charge < -0.3 is 10.1 Å². The van der Waals surface area contributed by atoms with Crippen molar-refractivity contribution in [2.45, 2.75) is 64.4 Å². The molecular formula is C25H34N2O4S. The van der Waals surface area contributed by atoms with Crippen LogP contribution in [0.4, 0.5) is 5.69 Å². The van der Waals surface area contributed by atoms with Gasteiger partial charge >= 0.3 is 0 Å². The third-order valence-corrected chi connectivity index (χ3v) is 7.79. The number of ether oxygens (including phenoxy) is 1. The lowest BCUT2D eigenvalue weighted by atomic mass is 9.99. The van der Waals surface area contributed by atoms with Crippen LogP contribution in [0.3, 0.4) is 0 Å². The standard InChI is InChI=1S/C25H34N2O4S/c1-5-7-8-20(6-2)16-26-25(28)24-17-27(22-15-19(4)11-14-23(22)31-24)32(29,30)21-12-9-18(3)10-13-21/h9-15,20,24H,5-8,16-17H2,1-4H3,(H,26,28). The number of sulfonamides is 1. The molecule has 3 rings (SSSR count). The first-order valence-electron chi connectivity index (χ1n) is 11.4. The van der Waals surface area contributed by atoms with Gasteiger partial charge in [-0.2, -0.15) is 0 Å². The van der Waals surface area contributed by atoms with E-state index in [0.717, 1.165) is 36.8 Å². The lowest BCUT2D eigenvalue weighted by molar-refractivity contribution is -0.127. The number of anilines is 1. The molecule has 174 valence electrons. The molecule has 2 atom stereocenters.